The lowest BCUT2D eigenvalue weighted by Crippen LogP contribution is -2.35. The van der Waals surface area contributed by atoms with Crippen molar-refractivity contribution in [3.8, 4) is 11.5 Å². The Bertz CT molecular complexity index is 1010. The van der Waals surface area contributed by atoms with E-state index in [1.54, 1.807) is 38.1 Å². The van der Waals surface area contributed by atoms with E-state index in [1.807, 2.05) is 0 Å². The minimum absolute atomic E-state index is 0.0199. The summed E-state index contributed by atoms with van der Waals surface area (Å²) in [6, 6.07) is 10.5. The third-order valence-corrected chi connectivity index (χ3v) is 5.89. The van der Waals surface area contributed by atoms with Gasteiger partial charge in [0.15, 0.2) is 0 Å². The zero-order valence-corrected chi connectivity index (χ0v) is 19.8. The van der Waals surface area contributed by atoms with Crippen LogP contribution in [0.15, 0.2) is 48.5 Å². The fourth-order valence-electron chi connectivity index (χ4n) is 2.79. The molecule has 0 saturated heterocycles. The van der Waals surface area contributed by atoms with Crippen molar-refractivity contribution >= 4 is 25.7 Å². The Morgan fingerprint density at radius 2 is 1.82 bits per heavy atom. The molecule has 1 N–H and O–H groups in total. The normalized spacial score (nSPS) is 13.4. The van der Waals surface area contributed by atoms with Crippen molar-refractivity contribution in [3.05, 3.63) is 64.2 Å². The minimum Gasteiger partial charge on any atom is -0.466 e. The minimum atomic E-state index is -4.25. The molecule has 0 aliphatic carbocycles. The number of aldehydes is 1. The number of nitro groups is 1. The second-order valence-electron chi connectivity index (χ2n) is 6.87. The predicted molar refractivity (Wildman–Crippen MR) is 123 cm³/mol. The van der Waals surface area contributed by atoms with Gasteiger partial charge in [0.1, 0.15) is 17.8 Å². The Kier molecular flexibility index (Phi) is 10.7. The lowest BCUT2D eigenvalue weighted by molar-refractivity contribution is -0.384. The van der Waals surface area contributed by atoms with Gasteiger partial charge in [0.05, 0.1) is 24.2 Å². The van der Waals surface area contributed by atoms with Crippen LogP contribution in [0.1, 0.15) is 25.8 Å². The highest BCUT2D eigenvalue weighted by atomic mass is 31.2. The average Bonchev–Trinajstić information content (AvgIpc) is 2.81. The van der Waals surface area contributed by atoms with Gasteiger partial charge in [0.2, 0.25) is 0 Å². The molecular weight excluding hydrogens is 467 g/mol. The number of nitrogens with zero attached hydrogens (tertiary/aromatic N) is 1. The fourth-order valence-corrected chi connectivity index (χ4v) is 4.31. The number of hydrogen-bond donors (Lipinski definition) is 1. The van der Waals surface area contributed by atoms with Crippen molar-refractivity contribution in [1.82, 2.24) is 5.09 Å². The summed E-state index contributed by atoms with van der Waals surface area (Å²) in [4.78, 5) is 33.6. The van der Waals surface area contributed by atoms with Crippen LogP contribution >= 0.6 is 7.75 Å². The van der Waals surface area contributed by atoms with E-state index in [0.29, 0.717) is 18.5 Å². The van der Waals surface area contributed by atoms with E-state index in [-0.39, 0.29) is 43.2 Å². The highest BCUT2D eigenvalue weighted by Crippen LogP contribution is 2.46. The van der Waals surface area contributed by atoms with Gasteiger partial charge in [0.25, 0.3) is 5.69 Å². The van der Waals surface area contributed by atoms with Crippen LogP contribution in [0.25, 0.3) is 0 Å². The summed E-state index contributed by atoms with van der Waals surface area (Å²) < 4.78 is 35.2. The zero-order valence-electron chi connectivity index (χ0n) is 18.9. The van der Waals surface area contributed by atoms with Crippen molar-refractivity contribution in [2.24, 2.45) is 0 Å². The summed E-state index contributed by atoms with van der Waals surface area (Å²) in [6.45, 7) is 3.95. The molecule has 0 amide bonds. The van der Waals surface area contributed by atoms with Crippen LogP contribution in [0, 0.1) is 10.1 Å². The topological polar surface area (TPSA) is 143 Å². The first kappa shape index (κ1) is 27.0. The molecule has 0 aliphatic heterocycles. The van der Waals surface area contributed by atoms with Crippen LogP contribution in [-0.4, -0.2) is 43.0 Å². The van der Waals surface area contributed by atoms with Crippen LogP contribution in [-0.2, 0) is 30.0 Å². The highest BCUT2D eigenvalue weighted by molar-refractivity contribution is 7.52. The molecule has 0 saturated carbocycles. The molecule has 2 aromatic rings. The van der Waals surface area contributed by atoms with Crippen molar-refractivity contribution < 1.29 is 37.6 Å². The average molecular weight is 494 g/mol. The first-order valence-electron chi connectivity index (χ1n) is 10.6. The molecule has 0 aliphatic rings. The zero-order chi connectivity index (χ0) is 25.0. The molecule has 12 heteroatoms. The third kappa shape index (κ3) is 8.58. The van der Waals surface area contributed by atoms with Crippen molar-refractivity contribution in [1.29, 1.82) is 0 Å². The molecular formula is C22H27N2O9P. The number of rotatable bonds is 15. The lowest BCUT2D eigenvalue weighted by Gasteiger charge is -2.24. The van der Waals surface area contributed by atoms with Crippen molar-refractivity contribution in [2.45, 2.75) is 32.7 Å². The van der Waals surface area contributed by atoms with Gasteiger partial charge in [-0.15, -0.1) is 0 Å². The number of non-ortho nitro benzene ring substituents is 1. The Morgan fingerprint density at radius 3 is 2.44 bits per heavy atom. The van der Waals surface area contributed by atoms with Gasteiger partial charge in [-0.3, -0.25) is 14.9 Å². The number of hydrogen-bond acceptors (Lipinski definition) is 9. The Morgan fingerprint density at radius 1 is 1.12 bits per heavy atom. The maximum absolute atomic E-state index is 13.7. The summed E-state index contributed by atoms with van der Waals surface area (Å²) in [5, 5.41) is 13.5. The summed E-state index contributed by atoms with van der Waals surface area (Å²) in [7, 11) is -4.25. The van der Waals surface area contributed by atoms with Gasteiger partial charge in [-0.2, -0.15) is 5.09 Å². The van der Waals surface area contributed by atoms with Crippen molar-refractivity contribution in [3.63, 3.8) is 0 Å². The van der Waals surface area contributed by atoms with E-state index in [4.69, 9.17) is 18.5 Å². The molecule has 0 fully saturated rings. The second kappa shape index (κ2) is 13.4. The van der Waals surface area contributed by atoms with E-state index in [0.717, 1.165) is 0 Å². The third-order valence-electron chi connectivity index (χ3n) is 4.36. The standard InChI is InChI=1S/C22H27N2O9P/c1-3-30-16-18(15-25)23-34(29,32-20-12-10-19(11-13-20)24(27)28)33-21-8-6-5-7-17(21)9-14-22(26)31-4-2/h5-8,10-13,15,18H,3-4,9,14,16H2,1-2H3,(H,23,29)/t18-,34-/m1/s1. The highest BCUT2D eigenvalue weighted by Gasteiger charge is 2.33. The number of para-hydroxylation sites is 1. The first-order valence-corrected chi connectivity index (χ1v) is 12.1. The molecule has 0 unspecified atom stereocenters. The number of benzene rings is 2. The van der Waals surface area contributed by atoms with Gasteiger partial charge in [0, 0.05) is 25.2 Å². The molecule has 11 nitrogen and oxygen atoms in total. The van der Waals surface area contributed by atoms with E-state index in [2.05, 4.69) is 5.09 Å². The lowest BCUT2D eigenvalue weighted by atomic mass is 10.1. The van der Waals surface area contributed by atoms with Crippen molar-refractivity contribution in [2.75, 3.05) is 19.8 Å². The molecule has 2 aromatic carbocycles. The Labute approximate surface area is 197 Å². The Hall–Kier alpha value is -3.27. The van der Waals surface area contributed by atoms with E-state index in [1.165, 1.54) is 24.3 Å². The van der Waals surface area contributed by atoms with Crippen LogP contribution in [0.2, 0.25) is 0 Å². The van der Waals surface area contributed by atoms with Gasteiger partial charge in [-0.05, 0) is 44.0 Å². The van der Waals surface area contributed by atoms with E-state index < -0.39 is 24.7 Å². The quantitative estimate of drug-likeness (QED) is 0.127. The molecule has 0 bridgehead atoms. The van der Waals surface area contributed by atoms with E-state index in [9.17, 15) is 24.3 Å². The molecule has 184 valence electrons. The number of aryl methyl sites for hydroxylation is 1. The number of carbonyl (C=O) groups excluding carboxylic acids is 2. The second-order valence-corrected chi connectivity index (χ2v) is 8.49. The SMILES string of the molecule is CCOC[C@@H](C=O)N[P@@](=O)(Oc1ccc([N+](=O)[O-])cc1)Oc1ccccc1CCC(=O)OCC. The first-order chi connectivity index (χ1) is 16.3. The summed E-state index contributed by atoms with van der Waals surface area (Å²) >= 11 is 0. The monoisotopic (exact) mass is 494 g/mol. The summed E-state index contributed by atoms with van der Waals surface area (Å²) in [5.41, 5.74) is 0.389. The molecule has 0 spiro atoms. The molecule has 2 atom stereocenters. The van der Waals surface area contributed by atoms with Crippen LogP contribution in [0.3, 0.4) is 0 Å². The van der Waals surface area contributed by atoms with Gasteiger partial charge < -0.3 is 23.3 Å². The molecule has 2 rings (SSSR count). The number of carbonyl (C=O) groups is 2. The predicted octanol–water partition coefficient (Wildman–Crippen LogP) is 3.85. The smallest absolute Gasteiger partial charge is 0.466 e. The van der Waals surface area contributed by atoms with Gasteiger partial charge >= 0.3 is 13.7 Å². The van der Waals surface area contributed by atoms with Gasteiger partial charge in [-0.25, -0.2) is 4.57 Å². The van der Waals surface area contributed by atoms with Crippen LogP contribution < -0.4 is 14.1 Å². The maximum Gasteiger partial charge on any atom is 0.513 e. The summed E-state index contributed by atoms with van der Waals surface area (Å²) in [6.07, 6.45) is 0.844. The number of nitrogens with one attached hydrogen (secondary N) is 1. The van der Waals surface area contributed by atoms with Gasteiger partial charge in [-0.1, -0.05) is 18.2 Å². The number of ether oxygens (including phenoxy) is 2. The summed E-state index contributed by atoms with van der Waals surface area (Å²) in [5.74, 6) is -0.199. The number of nitro benzene ring substituents is 1. The Balaban J connectivity index is 2.30. The molecule has 0 radical (unpaired) electrons. The van der Waals surface area contributed by atoms with Crippen LogP contribution in [0.4, 0.5) is 5.69 Å². The largest absolute Gasteiger partial charge is 0.513 e. The number of esters is 1. The maximum atomic E-state index is 13.7. The molecule has 34 heavy (non-hydrogen) atoms. The molecule has 0 aromatic heterocycles. The molecule has 0 heterocycles. The van der Waals surface area contributed by atoms with E-state index >= 15 is 0 Å². The fraction of sp³-hybridized carbons (Fsp3) is 0.364. The van der Waals surface area contributed by atoms with Crippen LogP contribution in [0.5, 0.6) is 11.5 Å².